The average Bonchev–Trinajstić information content (AvgIpc) is 3.25. The fourth-order valence-electron chi connectivity index (χ4n) is 3.57. The monoisotopic (exact) mass is 369 g/mol. The van der Waals surface area contributed by atoms with E-state index in [1.54, 1.807) is 23.0 Å². The zero-order valence-corrected chi connectivity index (χ0v) is 14.6. The highest BCUT2D eigenvalue weighted by Crippen LogP contribution is 2.31. The van der Waals surface area contributed by atoms with E-state index in [1.165, 1.54) is 4.90 Å². The lowest BCUT2D eigenvalue weighted by molar-refractivity contribution is -0.136. The number of fused-ring (bicyclic) bond motifs is 1. The molecule has 1 atom stereocenters. The van der Waals surface area contributed by atoms with Crippen LogP contribution in [-0.4, -0.2) is 55.4 Å². The highest BCUT2D eigenvalue weighted by atomic mass is 16.3. The Kier molecular flexibility index (Phi) is 4.44. The molecule has 0 saturated carbocycles. The quantitative estimate of drug-likeness (QED) is 0.714. The number of aryl methyl sites for hydroxylation is 1. The van der Waals surface area contributed by atoms with Crippen LogP contribution in [0.5, 0.6) is 0 Å². The largest absolute Gasteiger partial charge is 0.396 e. The van der Waals surface area contributed by atoms with Gasteiger partial charge in [-0.05, 0) is 31.4 Å². The lowest BCUT2D eigenvalue weighted by atomic mass is 10.0. The molecule has 9 heteroatoms. The van der Waals surface area contributed by atoms with Crippen LogP contribution in [0.3, 0.4) is 0 Å². The van der Waals surface area contributed by atoms with E-state index in [0.29, 0.717) is 24.8 Å². The summed E-state index contributed by atoms with van der Waals surface area (Å²) in [5, 5.41) is 19.5. The number of amides is 3. The van der Waals surface area contributed by atoms with E-state index < -0.39 is 11.9 Å². The Morgan fingerprint density at radius 1 is 1.26 bits per heavy atom. The van der Waals surface area contributed by atoms with Gasteiger partial charge in [-0.1, -0.05) is 11.3 Å². The molecule has 9 nitrogen and oxygen atoms in total. The van der Waals surface area contributed by atoms with Crippen molar-refractivity contribution in [3.63, 3.8) is 0 Å². The summed E-state index contributed by atoms with van der Waals surface area (Å²) >= 11 is 0. The number of benzene rings is 1. The molecule has 0 aliphatic carbocycles. The molecular formula is C18H19N5O4. The molecule has 0 radical (unpaired) electrons. The minimum Gasteiger partial charge on any atom is -0.396 e. The van der Waals surface area contributed by atoms with Gasteiger partial charge in [-0.3, -0.25) is 19.7 Å². The number of aliphatic hydroxyl groups is 1. The number of imide groups is 1. The molecule has 140 valence electrons. The van der Waals surface area contributed by atoms with Gasteiger partial charge in [-0.2, -0.15) is 0 Å². The molecule has 1 unspecified atom stereocenters. The zero-order valence-electron chi connectivity index (χ0n) is 14.6. The fourth-order valence-corrected chi connectivity index (χ4v) is 3.57. The molecule has 0 spiro atoms. The Morgan fingerprint density at radius 3 is 2.89 bits per heavy atom. The van der Waals surface area contributed by atoms with Gasteiger partial charge < -0.3 is 10.0 Å². The number of nitrogens with zero attached hydrogens (tertiary/aromatic N) is 4. The third kappa shape index (κ3) is 3.10. The van der Waals surface area contributed by atoms with Crippen molar-refractivity contribution >= 4 is 17.7 Å². The number of aromatic nitrogens is 3. The summed E-state index contributed by atoms with van der Waals surface area (Å²) in [7, 11) is 0. The topological polar surface area (TPSA) is 117 Å². The van der Waals surface area contributed by atoms with Gasteiger partial charge in [-0.15, -0.1) is 5.10 Å². The molecule has 4 rings (SSSR count). The maximum atomic E-state index is 12.8. The van der Waals surface area contributed by atoms with E-state index in [4.69, 9.17) is 5.11 Å². The first-order valence-electron chi connectivity index (χ1n) is 8.87. The van der Waals surface area contributed by atoms with Crippen molar-refractivity contribution in [1.29, 1.82) is 0 Å². The van der Waals surface area contributed by atoms with Gasteiger partial charge >= 0.3 is 0 Å². The molecule has 1 aromatic heterocycles. The van der Waals surface area contributed by atoms with Gasteiger partial charge in [0, 0.05) is 30.7 Å². The fraction of sp³-hybridized carbons (Fsp3) is 0.389. The maximum Gasteiger partial charge on any atom is 0.255 e. The Labute approximate surface area is 155 Å². The molecule has 1 fully saturated rings. The summed E-state index contributed by atoms with van der Waals surface area (Å²) < 4.78 is 1.62. The lowest BCUT2D eigenvalue weighted by Crippen LogP contribution is -2.52. The van der Waals surface area contributed by atoms with E-state index in [0.717, 1.165) is 16.9 Å². The van der Waals surface area contributed by atoms with E-state index in [-0.39, 0.29) is 31.4 Å². The van der Waals surface area contributed by atoms with Crippen molar-refractivity contribution in [2.75, 3.05) is 6.61 Å². The minimum absolute atomic E-state index is 0.0863. The molecule has 2 aromatic rings. The van der Waals surface area contributed by atoms with E-state index in [9.17, 15) is 14.4 Å². The minimum atomic E-state index is -0.647. The van der Waals surface area contributed by atoms with Crippen LogP contribution in [-0.2, 0) is 22.6 Å². The van der Waals surface area contributed by atoms with Crippen LogP contribution in [0, 0.1) is 0 Å². The van der Waals surface area contributed by atoms with E-state index in [2.05, 4.69) is 15.6 Å². The van der Waals surface area contributed by atoms with Gasteiger partial charge in [0.2, 0.25) is 11.8 Å². The average molecular weight is 369 g/mol. The van der Waals surface area contributed by atoms with Gasteiger partial charge in [-0.25, -0.2) is 4.68 Å². The number of nitrogens with one attached hydrogen (secondary N) is 1. The number of carbonyl (C=O) groups excluding carboxylic acids is 3. The van der Waals surface area contributed by atoms with Crippen molar-refractivity contribution < 1.29 is 19.5 Å². The maximum absolute atomic E-state index is 12.8. The van der Waals surface area contributed by atoms with Gasteiger partial charge in [0.25, 0.3) is 5.91 Å². The van der Waals surface area contributed by atoms with Crippen LogP contribution < -0.4 is 5.32 Å². The third-order valence-electron chi connectivity index (χ3n) is 4.94. The SMILES string of the molecule is O=C1CCC(N2Cc3c(cccc3-n3cc(CCCO)nn3)C2=O)C(=O)N1. The molecule has 3 heterocycles. The molecular weight excluding hydrogens is 350 g/mol. The standard InChI is InChI=1S/C18H19N5O4/c24-8-2-3-11-9-23(21-20-11)14-5-1-4-12-13(14)10-22(18(12)27)15-6-7-16(25)19-17(15)26/h1,4-5,9,15,24H,2-3,6-8,10H2,(H,19,25,26). The molecule has 2 aliphatic heterocycles. The first-order valence-corrected chi connectivity index (χ1v) is 8.87. The molecule has 1 aromatic carbocycles. The molecule has 0 bridgehead atoms. The number of rotatable bonds is 5. The van der Waals surface area contributed by atoms with Crippen LogP contribution in [0.4, 0.5) is 0 Å². The van der Waals surface area contributed by atoms with Crippen LogP contribution in [0.15, 0.2) is 24.4 Å². The third-order valence-corrected chi connectivity index (χ3v) is 4.94. The lowest BCUT2D eigenvalue weighted by Gasteiger charge is -2.29. The predicted octanol–water partition coefficient (Wildman–Crippen LogP) is -0.0468. The molecule has 3 amide bonds. The van der Waals surface area contributed by atoms with E-state index >= 15 is 0 Å². The summed E-state index contributed by atoms with van der Waals surface area (Å²) in [4.78, 5) is 37.9. The van der Waals surface area contributed by atoms with Crippen LogP contribution in [0.25, 0.3) is 5.69 Å². The summed E-state index contributed by atoms with van der Waals surface area (Å²) in [6.45, 7) is 0.367. The summed E-state index contributed by atoms with van der Waals surface area (Å²) in [5.74, 6) is -0.956. The van der Waals surface area contributed by atoms with Crippen molar-refractivity contribution in [2.24, 2.45) is 0 Å². The van der Waals surface area contributed by atoms with Gasteiger partial charge in [0.05, 0.1) is 17.6 Å². The van der Waals surface area contributed by atoms with Crippen molar-refractivity contribution in [3.8, 4) is 5.69 Å². The van der Waals surface area contributed by atoms with Gasteiger partial charge in [0.15, 0.2) is 0 Å². The molecule has 27 heavy (non-hydrogen) atoms. The summed E-state index contributed by atoms with van der Waals surface area (Å²) in [6, 6.07) is 4.71. The Morgan fingerprint density at radius 2 is 2.11 bits per heavy atom. The van der Waals surface area contributed by atoms with Crippen LogP contribution in [0.2, 0.25) is 0 Å². The Hall–Kier alpha value is -3.07. The van der Waals surface area contributed by atoms with E-state index in [1.807, 2.05) is 6.07 Å². The molecule has 2 N–H and O–H groups in total. The van der Waals surface area contributed by atoms with Gasteiger partial charge in [0.1, 0.15) is 6.04 Å². The Balaban J connectivity index is 1.62. The first-order chi connectivity index (χ1) is 13.1. The zero-order chi connectivity index (χ0) is 19.0. The number of hydrogen-bond donors (Lipinski definition) is 2. The first kappa shape index (κ1) is 17.3. The second-order valence-corrected chi connectivity index (χ2v) is 6.68. The molecule has 1 saturated heterocycles. The van der Waals surface area contributed by atoms with Crippen molar-refractivity contribution in [2.45, 2.75) is 38.3 Å². The van der Waals surface area contributed by atoms with Crippen LogP contribution >= 0.6 is 0 Å². The summed E-state index contributed by atoms with van der Waals surface area (Å²) in [6.07, 6.45) is 3.56. The molecule has 2 aliphatic rings. The number of aliphatic hydroxyl groups excluding tert-OH is 1. The van der Waals surface area contributed by atoms with Crippen molar-refractivity contribution in [3.05, 3.63) is 41.2 Å². The smallest absolute Gasteiger partial charge is 0.255 e. The van der Waals surface area contributed by atoms with Crippen molar-refractivity contribution in [1.82, 2.24) is 25.2 Å². The number of carbonyl (C=O) groups is 3. The number of piperidine rings is 1. The second kappa shape index (κ2) is 6.92. The summed E-state index contributed by atoms with van der Waals surface area (Å²) in [5.41, 5.74) is 2.81. The second-order valence-electron chi connectivity index (χ2n) is 6.68. The number of hydrogen-bond acceptors (Lipinski definition) is 6. The predicted molar refractivity (Wildman–Crippen MR) is 92.8 cm³/mol. The highest BCUT2D eigenvalue weighted by molar-refractivity contribution is 6.05. The Bertz CT molecular complexity index is 922. The highest BCUT2D eigenvalue weighted by Gasteiger charge is 2.40. The normalized spacial score (nSPS) is 19.4. The van der Waals surface area contributed by atoms with Crippen LogP contribution in [0.1, 0.15) is 40.9 Å².